The molecule has 1 aromatic heterocycles. The van der Waals surface area contributed by atoms with Crippen LogP contribution in [0.4, 0.5) is 0 Å². The number of fused-ring (bicyclic) bond motifs is 3. The lowest BCUT2D eigenvalue weighted by Crippen LogP contribution is -2.39. The number of aromatic nitrogens is 1. The summed E-state index contributed by atoms with van der Waals surface area (Å²) in [6.45, 7) is 2.14. The van der Waals surface area contributed by atoms with Gasteiger partial charge in [0.25, 0.3) is 0 Å². The fourth-order valence-corrected chi connectivity index (χ4v) is 4.39. The molecule has 2 aromatic rings. The van der Waals surface area contributed by atoms with E-state index in [4.69, 9.17) is 4.42 Å². The molecule has 0 aliphatic heterocycles. The predicted molar refractivity (Wildman–Crippen MR) is 89.6 cm³/mol. The Bertz CT molecular complexity index is 716. The van der Waals surface area contributed by atoms with E-state index in [2.05, 4.69) is 17.2 Å². The zero-order valence-corrected chi connectivity index (χ0v) is 13.4. The Morgan fingerprint density at radius 3 is 2.96 bits per heavy atom. The smallest absolute Gasteiger partial charge is 0.244 e. The summed E-state index contributed by atoms with van der Waals surface area (Å²) in [4.78, 5) is 16.5. The van der Waals surface area contributed by atoms with Crippen molar-refractivity contribution in [2.75, 3.05) is 0 Å². The highest BCUT2D eigenvalue weighted by Gasteiger charge is 2.41. The monoisotopic (exact) mass is 310 g/mol. The molecular formula is C19H22N2O2. The topological polar surface area (TPSA) is 55.1 Å². The Balaban J connectivity index is 1.37. The summed E-state index contributed by atoms with van der Waals surface area (Å²) in [5.74, 6) is 2.77. The zero-order valence-electron chi connectivity index (χ0n) is 13.4. The van der Waals surface area contributed by atoms with Crippen LogP contribution in [-0.2, 0) is 4.79 Å². The summed E-state index contributed by atoms with van der Waals surface area (Å²) in [6, 6.07) is 7.84. The maximum atomic E-state index is 12.1. The van der Waals surface area contributed by atoms with Gasteiger partial charge in [0.15, 0.2) is 5.58 Å². The standard InChI is InChI=1S/C19H22N2O2/c1-12(15-11-13-6-7-14(15)10-13)20-18(22)8-9-19-21-16-4-2-3-5-17(16)23-19/h2-5,8-9,12-15H,6-7,10-11H2,1H3,(H,20,22)/b9-8+. The quantitative estimate of drug-likeness (QED) is 0.874. The first kappa shape index (κ1) is 14.5. The van der Waals surface area contributed by atoms with Crippen LogP contribution in [-0.4, -0.2) is 16.9 Å². The number of para-hydroxylation sites is 2. The van der Waals surface area contributed by atoms with Crippen LogP contribution < -0.4 is 5.32 Å². The molecule has 0 saturated heterocycles. The van der Waals surface area contributed by atoms with Crippen LogP contribution in [0.25, 0.3) is 17.2 Å². The minimum Gasteiger partial charge on any atom is -0.437 e. The highest BCUT2D eigenvalue weighted by atomic mass is 16.3. The van der Waals surface area contributed by atoms with Crippen molar-refractivity contribution >= 4 is 23.1 Å². The highest BCUT2D eigenvalue weighted by molar-refractivity contribution is 5.91. The average Bonchev–Trinajstić information content (AvgIpc) is 3.26. The number of hydrogen-bond acceptors (Lipinski definition) is 3. The SMILES string of the molecule is CC(NC(=O)/C=C/c1nc2ccccc2o1)C1CC2CCC1C2. The van der Waals surface area contributed by atoms with E-state index in [0.717, 1.165) is 22.9 Å². The Hall–Kier alpha value is -2.10. The largest absolute Gasteiger partial charge is 0.437 e. The summed E-state index contributed by atoms with van der Waals surface area (Å²) in [6.07, 6.45) is 8.54. The van der Waals surface area contributed by atoms with Gasteiger partial charge in [-0.25, -0.2) is 4.98 Å². The fraction of sp³-hybridized carbons (Fsp3) is 0.474. The van der Waals surface area contributed by atoms with Gasteiger partial charge in [-0.1, -0.05) is 18.6 Å². The fourth-order valence-electron chi connectivity index (χ4n) is 4.39. The van der Waals surface area contributed by atoms with Gasteiger partial charge in [0.05, 0.1) is 0 Å². The van der Waals surface area contributed by atoms with Crippen LogP contribution in [0.15, 0.2) is 34.8 Å². The molecule has 1 amide bonds. The van der Waals surface area contributed by atoms with Crippen LogP contribution in [0.5, 0.6) is 0 Å². The Morgan fingerprint density at radius 2 is 2.22 bits per heavy atom. The van der Waals surface area contributed by atoms with E-state index < -0.39 is 0 Å². The minimum absolute atomic E-state index is 0.0671. The summed E-state index contributed by atoms with van der Waals surface area (Å²) < 4.78 is 5.59. The van der Waals surface area contributed by atoms with Gasteiger partial charge >= 0.3 is 0 Å². The molecule has 4 atom stereocenters. The minimum atomic E-state index is -0.0671. The molecule has 1 N–H and O–H groups in total. The number of carbonyl (C=O) groups excluding carboxylic acids is 1. The van der Waals surface area contributed by atoms with Gasteiger partial charge in [0.2, 0.25) is 11.8 Å². The second-order valence-electron chi connectivity index (χ2n) is 6.99. The van der Waals surface area contributed by atoms with Gasteiger partial charge in [-0.2, -0.15) is 0 Å². The molecule has 0 radical (unpaired) electrons. The lowest BCUT2D eigenvalue weighted by atomic mass is 9.84. The Kier molecular flexibility index (Phi) is 3.68. The molecule has 4 rings (SSSR count). The number of nitrogens with one attached hydrogen (secondary N) is 1. The number of carbonyl (C=O) groups is 1. The van der Waals surface area contributed by atoms with Gasteiger partial charge in [0, 0.05) is 18.2 Å². The first-order chi connectivity index (χ1) is 11.2. The van der Waals surface area contributed by atoms with Gasteiger partial charge in [-0.15, -0.1) is 0 Å². The number of nitrogens with zero attached hydrogens (tertiary/aromatic N) is 1. The lowest BCUT2D eigenvalue weighted by molar-refractivity contribution is -0.117. The summed E-state index contributed by atoms with van der Waals surface area (Å²) in [5, 5.41) is 3.12. The van der Waals surface area contributed by atoms with E-state index in [1.165, 1.54) is 31.8 Å². The summed E-state index contributed by atoms with van der Waals surface area (Å²) in [7, 11) is 0. The maximum Gasteiger partial charge on any atom is 0.244 e. The molecule has 4 nitrogen and oxygen atoms in total. The third-order valence-electron chi connectivity index (χ3n) is 5.49. The van der Waals surface area contributed by atoms with E-state index in [-0.39, 0.29) is 11.9 Å². The molecule has 23 heavy (non-hydrogen) atoms. The van der Waals surface area contributed by atoms with Crippen molar-refractivity contribution in [1.82, 2.24) is 10.3 Å². The Morgan fingerprint density at radius 1 is 1.35 bits per heavy atom. The van der Waals surface area contributed by atoms with Crippen LogP contribution in [0.1, 0.15) is 38.5 Å². The van der Waals surface area contributed by atoms with E-state index >= 15 is 0 Å². The van der Waals surface area contributed by atoms with Crippen molar-refractivity contribution in [2.24, 2.45) is 17.8 Å². The van der Waals surface area contributed by atoms with Crippen LogP contribution >= 0.6 is 0 Å². The van der Waals surface area contributed by atoms with Crippen molar-refractivity contribution in [3.63, 3.8) is 0 Å². The molecule has 2 saturated carbocycles. The molecule has 0 spiro atoms. The van der Waals surface area contributed by atoms with Crippen molar-refractivity contribution in [3.8, 4) is 0 Å². The summed E-state index contributed by atoms with van der Waals surface area (Å²) >= 11 is 0. The van der Waals surface area contributed by atoms with Crippen LogP contribution in [0.2, 0.25) is 0 Å². The second kappa shape index (κ2) is 5.84. The Labute approximate surface area is 136 Å². The van der Waals surface area contributed by atoms with Gasteiger partial charge in [-0.3, -0.25) is 4.79 Å². The van der Waals surface area contributed by atoms with E-state index in [1.54, 1.807) is 6.08 Å². The third-order valence-corrected chi connectivity index (χ3v) is 5.49. The van der Waals surface area contributed by atoms with Crippen molar-refractivity contribution < 1.29 is 9.21 Å². The van der Waals surface area contributed by atoms with Crippen molar-refractivity contribution in [3.05, 3.63) is 36.2 Å². The average molecular weight is 310 g/mol. The van der Waals surface area contributed by atoms with Crippen molar-refractivity contribution in [1.29, 1.82) is 0 Å². The van der Waals surface area contributed by atoms with Gasteiger partial charge in [-0.05, 0) is 56.1 Å². The normalized spacial score (nSPS) is 27.8. The number of benzene rings is 1. The molecule has 1 aromatic carbocycles. The zero-order chi connectivity index (χ0) is 15.8. The number of amides is 1. The van der Waals surface area contributed by atoms with Crippen LogP contribution in [0, 0.1) is 17.8 Å². The summed E-state index contributed by atoms with van der Waals surface area (Å²) in [5.41, 5.74) is 1.55. The number of rotatable bonds is 4. The number of oxazole rings is 1. The van der Waals surface area contributed by atoms with Gasteiger partial charge in [0.1, 0.15) is 5.52 Å². The first-order valence-electron chi connectivity index (χ1n) is 8.53. The van der Waals surface area contributed by atoms with E-state index in [9.17, 15) is 4.79 Å². The third kappa shape index (κ3) is 2.90. The van der Waals surface area contributed by atoms with Gasteiger partial charge < -0.3 is 9.73 Å². The van der Waals surface area contributed by atoms with E-state index in [0.29, 0.717) is 11.8 Å². The molecule has 4 unspecified atom stereocenters. The molecule has 2 aliphatic rings. The molecule has 2 bridgehead atoms. The molecular weight excluding hydrogens is 288 g/mol. The molecule has 120 valence electrons. The molecule has 2 aliphatic carbocycles. The highest BCUT2D eigenvalue weighted by Crippen LogP contribution is 2.49. The van der Waals surface area contributed by atoms with E-state index in [1.807, 2.05) is 24.3 Å². The number of hydrogen-bond donors (Lipinski definition) is 1. The first-order valence-corrected chi connectivity index (χ1v) is 8.53. The molecule has 1 heterocycles. The van der Waals surface area contributed by atoms with Crippen LogP contribution in [0.3, 0.4) is 0 Å². The predicted octanol–water partition coefficient (Wildman–Crippen LogP) is 3.78. The lowest BCUT2D eigenvalue weighted by Gasteiger charge is -2.28. The maximum absolute atomic E-state index is 12.1. The second-order valence-corrected chi connectivity index (χ2v) is 6.99. The van der Waals surface area contributed by atoms with Crippen molar-refractivity contribution in [2.45, 2.75) is 38.6 Å². The molecule has 4 heteroatoms. The molecule has 2 fully saturated rings.